The summed E-state index contributed by atoms with van der Waals surface area (Å²) in [4.78, 5) is 2.55. The number of hydrogen-bond acceptors (Lipinski definition) is 1. The topological polar surface area (TPSA) is 3.24 Å². The van der Waals surface area contributed by atoms with Gasteiger partial charge in [-0.25, -0.2) is 0 Å². The molecule has 0 saturated carbocycles. The molecule has 0 radical (unpaired) electrons. The zero-order valence-electron chi connectivity index (χ0n) is 9.77. The predicted molar refractivity (Wildman–Crippen MR) is 59.0 cm³/mol. The third-order valence-corrected chi connectivity index (χ3v) is 3.15. The van der Waals surface area contributed by atoms with E-state index in [9.17, 15) is 0 Å². The van der Waals surface area contributed by atoms with E-state index in [0.29, 0.717) is 5.41 Å². The molecule has 0 spiro atoms. The van der Waals surface area contributed by atoms with Crippen molar-refractivity contribution in [2.45, 2.75) is 58.9 Å². The molecule has 0 aromatic heterocycles. The fraction of sp³-hybridized carbons (Fsp3) is 1.00. The lowest BCUT2D eigenvalue weighted by molar-refractivity contribution is 0.159. The minimum atomic E-state index is 0.512. The average molecular weight is 183 g/mol. The van der Waals surface area contributed by atoms with Gasteiger partial charge >= 0.3 is 0 Å². The quantitative estimate of drug-likeness (QED) is 0.635. The highest BCUT2D eigenvalue weighted by Gasteiger charge is 2.20. The Bertz CT molecular complexity index is 146. The van der Waals surface area contributed by atoms with E-state index in [1.165, 1.54) is 38.6 Å². The summed E-state index contributed by atoms with van der Waals surface area (Å²) in [5, 5.41) is 0. The van der Waals surface area contributed by atoms with Gasteiger partial charge in [-0.05, 0) is 44.7 Å². The third kappa shape index (κ3) is 4.12. The molecule has 13 heavy (non-hydrogen) atoms. The summed E-state index contributed by atoms with van der Waals surface area (Å²) < 4.78 is 0. The standard InChI is InChI=1S/C12H25N/c1-12(2,3)9-8-11-7-5-6-10-13(11)4/h11H,5-10H2,1-4H3. The first-order valence-electron chi connectivity index (χ1n) is 5.69. The van der Waals surface area contributed by atoms with Crippen molar-refractivity contribution in [3.05, 3.63) is 0 Å². The molecule has 0 bridgehead atoms. The molecule has 1 nitrogen and oxygen atoms in total. The number of piperidine rings is 1. The highest BCUT2D eigenvalue weighted by Crippen LogP contribution is 2.26. The highest BCUT2D eigenvalue weighted by molar-refractivity contribution is 4.76. The van der Waals surface area contributed by atoms with Gasteiger partial charge in [0.25, 0.3) is 0 Å². The Hall–Kier alpha value is -0.0400. The maximum Gasteiger partial charge on any atom is 0.00924 e. The fourth-order valence-electron chi connectivity index (χ4n) is 2.11. The van der Waals surface area contributed by atoms with Crippen LogP contribution in [0.3, 0.4) is 0 Å². The Labute approximate surface area is 83.5 Å². The number of hydrogen-bond donors (Lipinski definition) is 0. The normalized spacial score (nSPS) is 26.3. The van der Waals surface area contributed by atoms with Crippen LogP contribution in [0.5, 0.6) is 0 Å². The molecular formula is C12H25N. The van der Waals surface area contributed by atoms with Gasteiger partial charge in [-0.2, -0.15) is 0 Å². The molecule has 1 fully saturated rings. The Kier molecular flexibility index (Phi) is 3.78. The van der Waals surface area contributed by atoms with Gasteiger partial charge in [0.2, 0.25) is 0 Å². The molecule has 1 aliphatic rings. The molecule has 0 amide bonds. The SMILES string of the molecule is CN1CCCCC1CCC(C)(C)C. The third-order valence-electron chi connectivity index (χ3n) is 3.15. The zero-order valence-corrected chi connectivity index (χ0v) is 9.77. The molecule has 0 N–H and O–H groups in total. The minimum Gasteiger partial charge on any atom is -0.303 e. The molecule has 1 heteroatoms. The van der Waals surface area contributed by atoms with Crippen LogP contribution in [-0.4, -0.2) is 24.5 Å². The maximum absolute atomic E-state index is 2.55. The number of likely N-dealkylation sites (tertiary alicyclic amines) is 1. The van der Waals surface area contributed by atoms with E-state index in [1.54, 1.807) is 0 Å². The smallest absolute Gasteiger partial charge is 0.00924 e. The van der Waals surface area contributed by atoms with Gasteiger partial charge < -0.3 is 4.90 Å². The van der Waals surface area contributed by atoms with E-state index in [0.717, 1.165) is 6.04 Å². The first-order valence-corrected chi connectivity index (χ1v) is 5.69. The largest absolute Gasteiger partial charge is 0.303 e. The van der Waals surface area contributed by atoms with Crippen molar-refractivity contribution in [2.75, 3.05) is 13.6 Å². The molecule has 1 saturated heterocycles. The summed E-state index contributed by atoms with van der Waals surface area (Å²) in [5.74, 6) is 0. The summed E-state index contributed by atoms with van der Waals surface area (Å²) in [6.45, 7) is 8.34. The second-order valence-corrected chi connectivity index (χ2v) is 5.73. The number of nitrogens with zero attached hydrogens (tertiary/aromatic N) is 1. The summed E-state index contributed by atoms with van der Waals surface area (Å²) in [5.41, 5.74) is 0.512. The van der Waals surface area contributed by atoms with Gasteiger partial charge in [0.1, 0.15) is 0 Å². The number of rotatable bonds is 2. The zero-order chi connectivity index (χ0) is 9.90. The molecular weight excluding hydrogens is 158 g/mol. The van der Waals surface area contributed by atoms with Gasteiger partial charge in [0, 0.05) is 6.04 Å². The van der Waals surface area contributed by atoms with E-state index in [-0.39, 0.29) is 0 Å². The molecule has 0 aromatic rings. The van der Waals surface area contributed by atoms with E-state index < -0.39 is 0 Å². The fourth-order valence-corrected chi connectivity index (χ4v) is 2.11. The second kappa shape index (κ2) is 4.45. The highest BCUT2D eigenvalue weighted by atomic mass is 15.1. The lowest BCUT2D eigenvalue weighted by atomic mass is 9.86. The van der Waals surface area contributed by atoms with Crippen LogP contribution in [0.15, 0.2) is 0 Å². The Morgan fingerprint density at radius 1 is 1.23 bits per heavy atom. The summed E-state index contributed by atoms with van der Waals surface area (Å²) in [7, 11) is 2.28. The van der Waals surface area contributed by atoms with Crippen LogP contribution >= 0.6 is 0 Å². The van der Waals surface area contributed by atoms with Crippen molar-refractivity contribution in [1.82, 2.24) is 4.90 Å². The van der Waals surface area contributed by atoms with Crippen molar-refractivity contribution in [3.8, 4) is 0 Å². The lowest BCUT2D eigenvalue weighted by Crippen LogP contribution is -2.36. The monoisotopic (exact) mass is 183 g/mol. The summed E-state index contributed by atoms with van der Waals surface area (Å²) in [6, 6.07) is 0.868. The van der Waals surface area contributed by atoms with Crippen molar-refractivity contribution in [2.24, 2.45) is 5.41 Å². The lowest BCUT2D eigenvalue weighted by Gasteiger charge is -2.34. The van der Waals surface area contributed by atoms with Crippen molar-refractivity contribution in [1.29, 1.82) is 0 Å². The maximum atomic E-state index is 2.55. The van der Waals surface area contributed by atoms with Gasteiger partial charge in [0.05, 0.1) is 0 Å². The van der Waals surface area contributed by atoms with Crippen LogP contribution < -0.4 is 0 Å². The summed E-state index contributed by atoms with van der Waals surface area (Å²) in [6.07, 6.45) is 7.02. The van der Waals surface area contributed by atoms with Crippen LogP contribution in [0.2, 0.25) is 0 Å². The first-order chi connectivity index (χ1) is 5.99. The first kappa shape index (κ1) is 11.0. The molecule has 1 rings (SSSR count). The molecule has 1 heterocycles. The molecule has 78 valence electrons. The Morgan fingerprint density at radius 2 is 1.92 bits per heavy atom. The van der Waals surface area contributed by atoms with E-state index >= 15 is 0 Å². The molecule has 1 aliphatic heterocycles. The van der Waals surface area contributed by atoms with Crippen molar-refractivity contribution < 1.29 is 0 Å². The summed E-state index contributed by atoms with van der Waals surface area (Å²) >= 11 is 0. The minimum absolute atomic E-state index is 0.512. The predicted octanol–water partition coefficient (Wildman–Crippen LogP) is 3.30. The van der Waals surface area contributed by atoms with Gasteiger partial charge in [-0.1, -0.05) is 27.2 Å². The van der Waals surface area contributed by atoms with Crippen LogP contribution in [-0.2, 0) is 0 Å². The second-order valence-electron chi connectivity index (χ2n) is 5.73. The van der Waals surface area contributed by atoms with Gasteiger partial charge in [-0.15, -0.1) is 0 Å². The molecule has 1 atom stereocenters. The molecule has 1 unspecified atom stereocenters. The molecule has 0 aromatic carbocycles. The van der Waals surface area contributed by atoms with Crippen LogP contribution in [0, 0.1) is 5.41 Å². The van der Waals surface area contributed by atoms with Gasteiger partial charge in [0.15, 0.2) is 0 Å². The van der Waals surface area contributed by atoms with Crippen LogP contribution in [0.25, 0.3) is 0 Å². The average Bonchev–Trinajstić information content (AvgIpc) is 2.01. The van der Waals surface area contributed by atoms with Crippen LogP contribution in [0.4, 0.5) is 0 Å². The van der Waals surface area contributed by atoms with Crippen molar-refractivity contribution >= 4 is 0 Å². The molecule has 0 aliphatic carbocycles. The van der Waals surface area contributed by atoms with E-state index in [2.05, 4.69) is 32.7 Å². The van der Waals surface area contributed by atoms with Crippen LogP contribution in [0.1, 0.15) is 52.9 Å². The van der Waals surface area contributed by atoms with E-state index in [4.69, 9.17) is 0 Å². The van der Waals surface area contributed by atoms with Gasteiger partial charge in [-0.3, -0.25) is 0 Å². The van der Waals surface area contributed by atoms with E-state index in [1.807, 2.05) is 0 Å². The van der Waals surface area contributed by atoms with Crippen molar-refractivity contribution in [3.63, 3.8) is 0 Å². The Morgan fingerprint density at radius 3 is 2.46 bits per heavy atom. The Balaban J connectivity index is 2.27.